The molecular formula is C22H33N3O2. The van der Waals surface area contributed by atoms with Crippen LogP contribution in [0.3, 0.4) is 0 Å². The van der Waals surface area contributed by atoms with E-state index in [9.17, 15) is 9.59 Å². The standard InChI is InChI=1S/C22H33N3O2/c1-2-9-20(19-10-5-3-6-11-19)22(27)25-16-14-23(15-17-25)18-21(26)24-12-7-4-8-13-24/h3,5-6,10-11,20H,2,4,7-9,12-18H2,1H3. The third-order valence-electron chi connectivity index (χ3n) is 5.83. The van der Waals surface area contributed by atoms with E-state index in [1.165, 1.54) is 6.42 Å². The van der Waals surface area contributed by atoms with Gasteiger partial charge in [0.05, 0.1) is 12.5 Å². The Morgan fingerprint density at radius 1 is 0.889 bits per heavy atom. The molecule has 2 saturated heterocycles. The van der Waals surface area contributed by atoms with Crippen molar-refractivity contribution in [2.45, 2.75) is 44.9 Å². The highest BCUT2D eigenvalue weighted by molar-refractivity contribution is 5.84. The van der Waals surface area contributed by atoms with Gasteiger partial charge in [-0.15, -0.1) is 0 Å². The Morgan fingerprint density at radius 3 is 2.19 bits per heavy atom. The van der Waals surface area contributed by atoms with Crippen molar-refractivity contribution in [3.05, 3.63) is 35.9 Å². The van der Waals surface area contributed by atoms with Crippen molar-refractivity contribution < 1.29 is 9.59 Å². The van der Waals surface area contributed by atoms with E-state index >= 15 is 0 Å². The van der Waals surface area contributed by atoms with Crippen LogP contribution in [-0.2, 0) is 9.59 Å². The summed E-state index contributed by atoms with van der Waals surface area (Å²) in [4.78, 5) is 31.8. The van der Waals surface area contributed by atoms with Gasteiger partial charge < -0.3 is 9.80 Å². The molecule has 1 unspecified atom stereocenters. The van der Waals surface area contributed by atoms with Crippen molar-refractivity contribution in [3.8, 4) is 0 Å². The summed E-state index contributed by atoms with van der Waals surface area (Å²) >= 11 is 0. The van der Waals surface area contributed by atoms with E-state index in [-0.39, 0.29) is 17.7 Å². The van der Waals surface area contributed by atoms with E-state index in [1.54, 1.807) is 0 Å². The number of nitrogens with zero attached hydrogens (tertiary/aromatic N) is 3. The summed E-state index contributed by atoms with van der Waals surface area (Å²) in [5.41, 5.74) is 1.12. The first-order valence-electron chi connectivity index (χ1n) is 10.5. The Hall–Kier alpha value is -1.88. The Morgan fingerprint density at radius 2 is 1.56 bits per heavy atom. The van der Waals surface area contributed by atoms with E-state index in [0.717, 1.165) is 70.5 Å². The molecule has 2 heterocycles. The number of likely N-dealkylation sites (tertiary alicyclic amines) is 1. The molecule has 0 radical (unpaired) electrons. The van der Waals surface area contributed by atoms with E-state index < -0.39 is 0 Å². The summed E-state index contributed by atoms with van der Waals surface area (Å²) in [5, 5.41) is 0. The van der Waals surface area contributed by atoms with Gasteiger partial charge >= 0.3 is 0 Å². The van der Waals surface area contributed by atoms with Crippen LogP contribution in [0.1, 0.15) is 50.5 Å². The number of hydrogen-bond donors (Lipinski definition) is 0. The number of amides is 2. The molecule has 148 valence electrons. The second-order valence-electron chi connectivity index (χ2n) is 7.79. The van der Waals surface area contributed by atoms with Gasteiger partial charge in [-0.3, -0.25) is 14.5 Å². The number of rotatable bonds is 6. The van der Waals surface area contributed by atoms with E-state index in [0.29, 0.717) is 6.54 Å². The van der Waals surface area contributed by atoms with Crippen molar-refractivity contribution in [3.63, 3.8) is 0 Å². The van der Waals surface area contributed by atoms with Crippen molar-refractivity contribution in [1.82, 2.24) is 14.7 Å². The molecule has 2 amide bonds. The first-order chi connectivity index (χ1) is 13.2. The van der Waals surface area contributed by atoms with Crippen LogP contribution < -0.4 is 0 Å². The highest BCUT2D eigenvalue weighted by Crippen LogP contribution is 2.24. The minimum atomic E-state index is -0.0438. The lowest BCUT2D eigenvalue weighted by molar-refractivity contribution is -0.136. The first-order valence-corrected chi connectivity index (χ1v) is 10.5. The maximum absolute atomic E-state index is 13.1. The molecular weight excluding hydrogens is 338 g/mol. The molecule has 2 fully saturated rings. The number of carbonyl (C=O) groups excluding carboxylic acids is 2. The second-order valence-corrected chi connectivity index (χ2v) is 7.79. The fourth-order valence-corrected chi connectivity index (χ4v) is 4.19. The predicted octanol–water partition coefficient (Wildman–Crippen LogP) is 2.73. The minimum absolute atomic E-state index is 0.0438. The molecule has 5 heteroatoms. The van der Waals surface area contributed by atoms with Crippen molar-refractivity contribution in [2.75, 3.05) is 45.8 Å². The molecule has 1 aromatic carbocycles. The van der Waals surface area contributed by atoms with Gasteiger partial charge in [-0.05, 0) is 31.2 Å². The summed E-state index contributed by atoms with van der Waals surface area (Å²) in [5.74, 6) is 0.449. The second kappa shape index (κ2) is 9.88. The van der Waals surface area contributed by atoms with E-state index in [2.05, 4.69) is 24.0 Å². The fourth-order valence-electron chi connectivity index (χ4n) is 4.19. The fraction of sp³-hybridized carbons (Fsp3) is 0.636. The van der Waals surface area contributed by atoms with Crippen molar-refractivity contribution in [1.29, 1.82) is 0 Å². The molecule has 0 spiro atoms. The summed E-state index contributed by atoms with van der Waals surface area (Å²) in [6.07, 6.45) is 5.38. The largest absolute Gasteiger partial charge is 0.342 e. The summed E-state index contributed by atoms with van der Waals surface area (Å²) in [7, 11) is 0. The van der Waals surface area contributed by atoms with Crippen LogP contribution >= 0.6 is 0 Å². The van der Waals surface area contributed by atoms with Crippen LogP contribution in [0.2, 0.25) is 0 Å². The van der Waals surface area contributed by atoms with Crippen LogP contribution in [-0.4, -0.2) is 72.3 Å². The van der Waals surface area contributed by atoms with E-state index in [4.69, 9.17) is 0 Å². The molecule has 0 bridgehead atoms. The monoisotopic (exact) mass is 371 g/mol. The van der Waals surface area contributed by atoms with Gasteiger partial charge in [0, 0.05) is 39.3 Å². The van der Waals surface area contributed by atoms with Gasteiger partial charge in [0.15, 0.2) is 0 Å². The molecule has 0 saturated carbocycles. The molecule has 1 atom stereocenters. The molecule has 0 aliphatic carbocycles. The Labute approximate surface area is 163 Å². The zero-order chi connectivity index (χ0) is 19.1. The summed E-state index contributed by atoms with van der Waals surface area (Å²) in [6, 6.07) is 10.1. The summed E-state index contributed by atoms with van der Waals surface area (Å²) in [6.45, 7) is 7.48. The normalized spacial score (nSPS) is 19.7. The number of piperidine rings is 1. The Balaban J connectivity index is 1.51. The lowest BCUT2D eigenvalue weighted by atomic mass is 9.93. The lowest BCUT2D eigenvalue weighted by Gasteiger charge is -2.37. The van der Waals surface area contributed by atoms with E-state index in [1.807, 2.05) is 28.0 Å². The van der Waals surface area contributed by atoms with Gasteiger partial charge in [-0.2, -0.15) is 0 Å². The molecule has 0 N–H and O–H groups in total. The van der Waals surface area contributed by atoms with Gasteiger partial charge in [0.2, 0.25) is 11.8 Å². The van der Waals surface area contributed by atoms with Crippen LogP contribution in [0.15, 0.2) is 30.3 Å². The molecule has 3 rings (SSSR count). The highest BCUT2D eigenvalue weighted by atomic mass is 16.2. The average Bonchev–Trinajstić information content (AvgIpc) is 2.73. The van der Waals surface area contributed by atoms with Crippen LogP contribution in [0.25, 0.3) is 0 Å². The van der Waals surface area contributed by atoms with Crippen molar-refractivity contribution >= 4 is 11.8 Å². The number of piperazine rings is 1. The average molecular weight is 372 g/mol. The number of carbonyl (C=O) groups is 2. The van der Waals surface area contributed by atoms with Gasteiger partial charge in [0.1, 0.15) is 0 Å². The molecule has 27 heavy (non-hydrogen) atoms. The Bertz CT molecular complexity index is 605. The maximum atomic E-state index is 13.1. The SMILES string of the molecule is CCCC(C(=O)N1CCN(CC(=O)N2CCCCC2)CC1)c1ccccc1. The van der Waals surface area contributed by atoms with Crippen LogP contribution in [0.5, 0.6) is 0 Å². The van der Waals surface area contributed by atoms with Gasteiger partial charge in [-0.1, -0.05) is 43.7 Å². The van der Waals surface area contributed by atoms with Gasteiger partial charge in [0.25, 0.3) is 0 Å². The number of benzene rings is 1. The predicted molar refractivity (Wildman–Crippen MR) is 108 cm³/mol. The summed E-state index contributed by atoms with van der Waals surface area (Å²) < 4.78 is 0. The number of hydrogen-bond acceptors (Lipinski definition) is 3. The third-order valence-corrected chi connectivity index (χ3v) is 5.83. The molecule has 2 aliphatic rings. The highest BCUT2D eigenvalue weighted by Gasteiger charge is 2.29. The first kappa shape index (κ1) is 19.9. The minimum Gasteiger partial charge on any atom is -0.342 e. The zero-order valence-electron chi connectivity index (χ0n) is 16.6. The maximum Gasteiger partial charge on any atom is 0.236 e. The zero-order valence-corrected chi connectivity index (χ0v) is 16.6. The van der Waals surface area contributed by atoms with Crippen molar-refractivity contribution in [2.24, 2.45) is 0 Å². The smallest absolute Gasteiger partial charge is 0.236 e. The van der Waals surface area contributed by atoms with Crippen LogP contribution in [0, 0.1) is 0 Å². The lowest BCUT2D eigenvalue weighted by Crippen LogP contribution is -2.52. The van der Waals surface area contributed by atoms with Crippen LogP contribution in [0.4, 0.5) is 0 Å². The molecule has 1 aromatic rings. The topological polar surface area (TPSA) is 43.9 Å². The third kappa shape index (κ3) is 5.32. The molecule has 2 aliphatic heterocycles. The molecule has 0 aromatic heterocycles. The van der Waals surface area contributed by atoms with Gasteiger partial charge in [-0.25, -0.2) is 0 Å². The Kier molecular flexibility index (Phi) is 7.27. The quantitative estimate of drug-likeness (QED) is 0.772. The molecule has 5 nitrogen and oxygen atoms in total.